The molecule has 1 heterocycles. The van der Waals surface area contributed by atoms with Gasteiger partial charge in [-0.05, 0) is 49.9 Å². The van der Waals surface area contributed by atoms with Crippen LogP contribution in [0.25, 0.3) is 0 Å². The maximum Gasteiger partial charge on any atom is 0.254 e. The lowest BCUT2D eigenvalue weighted by atomic mass is 9.93. The number of hydrogen-bond acceptors (Lipinski definition) is 2. The summed E-state index contributed by atoms with van der Waals surface area (Å²) in [6.07, 6.45) is 2.35. The first-order chi connectivity index (χ1) is 9.08. The predicted molar refractivity (Wildman–Crippen MR) is 73.7 cm³/mol. The van der Waals surface area contributed by atoms with Crippen molar-refractivity contribution in [3.63, 3.8) is 0 Å². The molecule has 0 spiro atoms. The van der Waals surface area contributed by atoms with Crippen LogP contribution in [0.15, 0.2) is 18.2 Å². The zero-order valence-electron chi connectivity index (χ0n) is 11.5. The van der Waals surface area contributed by atoms with Gasteiger partial charge in [-0.15, -0.1) is 0 Å². The Bertz CT molecular complexity index is 461. The van der Waals surface area contributed by atoms with Crippen LogP contribution < -0.4 is 10.6 Å². The molecule has 1 fully saturated rings. The Morgan fingerprint density at radius 1 is 1.53 bits per heavy atom. The van der Waals surface area contributed by atoms with Crippen molar-refractivity contribution in [2.75, 3.05) is 13.1 Å². The summed E-state index contributed by atoms with van der Waals surface area (Å²) in [6.45, 7) is 5.52. The second-order valence-corrected chi connectivity index (χ2v) is 5.37. The Balaban J connectivity index is 1.93. The molecule has 2 atom stereocenters. The number of aryl methyl sites for hydroxylation is 1. The average Bonchev–Trinajstić information content (AvgIpc) is 2.37. The smallest absolute Gasteiger partial charge is 0.254 e. The first kappa shape index (κ1) is 14.0. The number of amides is 1. The normalized spacial score (nSPS) is 23.1. The highest BCUT2D eigenvalue weighted by Crippen LogP contribution is 2.15. The van der Waals surface area contributed by atoms with E-state index in [0.29, 0.717) is 12.5 Å². The second kappa shape index (κ2) is 6.15. The fourth-order valence-corrected chi connectivity index (χ4v) is 2.49. The molecule has 0 aliphatic carbocycles. The van der Waals surface area contributed by atoms with Gasteiger partial charge in [-0.25, -0.2) is 4.39 Å². The summed E-state index contributed by atoms with van der Waals surface area (Å²) in [7, 11) is 0. The lowest BCUT2D eigenvalue weighted by molar-refractivity contribution is 0.0939. The Hall–Kier alpha value is -1.42. The Labute approximate surface area is 113 Å². The standard InChI is InChI=1S/C15H21FN2O/c1-10-5-6-12(13(16)8-10)15(19)18-9-14-11(2)4-3-7-17-14/h5-6,8,11,14,17H,3-4,7,9H2,1-2H3,(H,18,19). The van der Waals surface area contributed by atoms with E-state index < -0.39 is 5.82 Å². The van der Waals surface area contributed by atoms with Crippen LogP contribution in [0, 0.1) is 18.7 Å². The minimum atomic E-state index is -0.456. The van der Waals surface area contributed by atoms with Gasteiger partial charge in [-0.2, -0.15) is 0 Å². The summed E-state index contributed by atoms with van der Waals surface area (Å²) in [5.74, 6) is -0.254. The molecule has 4 heteroatoms. The van der Waals surface area contributed by atoms with Crippen molar-refractivity contribution in [1.82, 2.24) is 10.6 Å². The highest BCUT2D eigenvalue weighted by Gasteiger charge is 2.21. The molecule has 1 aliphatic rings. The van der Waals surface area contributed by atoms with Gasteiger partial charge in [0.05, 0.1) is 5.56 Å². The van der Waals surface area contributed by atoms with Crippen LogP contribution in [0.5, 0.6) is 0 Å². The van der Waals surface area contributed by atoms with E-state index in [1.54, 1.807) is 13.0 Å². The highest BCUT2D eigenvalue weighted by molar-refractivity contribution is 5.94. The van der Waals surface area contributed by atoms with E-state index in [2.05, 4.69) is 17.6 Å². The molecule has 2 N–H and O–H groups in total. The number of hydrogen-bond donors (Lipinski definition) is 2. The van der Waals surface area contributed by atoms with Gasteiger partial charge in [0.25, 0.3) is 5.91 Å². The zero-order valence-corrected chi connectivity index (χ0v) is 11.5. The van der Waals surface area contributed by atoms with Crippen molar-refractivity contribution in [2.45, 2.75) is 32.7 Å². The molecular formula is C15H21FN2O. The van der Waals surface area contributed by atoms with E-state index in [1.165, 1.54) is 25.0 Å². The van der Waals surface area contributed by atoms with Gasteiger partial charge in [0.1, 0.15) is 5.82 Å². The van der Waals surface area contributed by atoms with Crippen LogP contribution in [-0.4, -0.2) is 25.0 Å². The molecule has 104 valence electrons. The summed E-state index contributed by atoms with van der Waals surface area (Å²) < 4.78 is 13.7. The number of benzene rings is 1. The lowest BCUT2D eigenvalue weighted by Crippen LogP contribution is -2.47. The summed E-state index contributed by atoms with van der Waals surface area (Å²) in [6, 6.07) is 4.96. The Kier molecular flexibility index (Phi) is 4.53. The van der Waals surface area contributed by atoms with Crippen LogP contribution in [0.4, 0.5) is 4.39 Å². The third kappa shape index (κ3) is 3.53. The molecule has 0 radical (unpaired) electrons. The fourth-order valence-electron chi connectivity index (χ4n) is 2.49. The topological polar surface area (TPSA) is 41.1 Å². The van der Waals surface area contributed by atoms with Crippen LogP contribution >= 0.6 is 0 Å². The van der Waals surface area contributed by atoms with E-state index in [1.807, 2.05) is 0 Å². The van der Waals surface area contributed by atoms with Gasteiger partial charge in [0.15, 0.2) is 0 Å². The van der Waals surface area contributed by atoms with Crippen molar-refractivity contribution in [2.24, 2.45) is 5.92 Å². The molecule has 1 aliphatic heterocycles. The minimum absolute atomic E-state index is 0.120. The van der Waals surface area contributed by atoms with Gasteiger partial charge >= 0.3 is 0 Å². The molecule has 1 aromatic rings. The number of halogens is 1. The minimum Gasteiger partial charge on any atom is -0.350 e. The lowest BCUT2D eigenvalue weighted by Gasteiger charge is -2.30. The first-order valence-corrected chi connectivity index (χ1v) is 6.85. The second-order valence-electron chi connectivity index (χ2n) is 5.37. The van der Waals surface area contributed by atoms with Crippen molar-refractivity contribution in [1.29, 1.82) is 0 Å². The van der Waals surface area contributed by atoms with Crippen molar-refractivity contribution < 1.29 is 9.18 Å². The molecule has 0 saturated carbocycles. The van der Waals surface area contributed by atoms with Crippen molar-refractivity contribution in [3.8, 4) is 0 Å². The van der Waals surface area contributed by atoms with Crippen molar-refractivity contribution >= 4 is 5.91 Å². The summed E-state index contributed by atoms with van der Waals surface area (Å²) >= 11 is 0. The quantitative estimate of drug-likeness (QED) is 0.879. The van der Waals surface area contributed by atoms with Gasteiger partial charge in [0.2, 0.25) is 0 Å². The maximum atomic E-state index is 13.7. The molecule has 0 aromatic heterocycles. The number of rotatable bonds is 3. The third-order valence-corrected chi connectivity index (χ3v) is 3.78. The average molecular weight is 264 g/mol. The summed E-state index contributed by atoms with van der Waals surface area (Å²) in [5, 5.41) is 6.21. The molecule has 3 nitrogen and oxygen atoms in total. The van der Waals surface area contributed by atoms with Gasteiger partial charge < -0.3 is 10.6 Å². The summed E-state index contributed by atoms with van der Waals surface area (Å²) in [5.41, 5.74) is 0.936. The van der Waals surface area contributed by atoms with Crippen molar-refractivity contribution in [3.05, 3.63) is 35.1 Å². The largest absolute Gasteiger partial charge is 0.350 e. The maximum absolute atomic E-state index is 13.7. The molecule has 0 bridgehead atoms. The predicted octanol–water partition coefficient (Wildman–Crippen LogP) is 2.25. The number of carbonyl (C=O) groups excluding carboxylic acids is 1. The number of piperidine rings is 1. The van der Waals surface area contributed by atoms with Gasteiger partial charge in [-0.3, -0.25) is 4.79 Å². The fraction of sp³-hybridized carbons (Fsp3) is 0.533. The molecule has 19 heavy (non-hydrogen) atoms. The third-order valence-electron chi connectivity index (χ3n) is 3.78. The van der Waals surface area contributed by atoms with E-state index in [-0.39, 0.29) is 17.5 Å². The molecular weight excluding hydrogens is 243 g/mol. The SMILES string of the molecule is Cc1ccc(C(=O)NCC2NCCCC2C)c(F)c1. The van der Waals surface area contributed by atoms with E-state index in [4.69, 9.17) is 0 Å². The van der Waals surface area contributed by atoms with E-state index in [9.17, 15) is 9.18 Å². The molecule has 1 aromatic carbocycles. The van der Waals surface area contributed by atoms with Crippen LogP contribution in [0.1, 0.15) is 35.7 Å². The van der Waals surface area contributed by atoms with E-state index >= 15 is 0 Å². The van der Waals surface area contributed by atoms with Crippen LogP contribution in [-0.2, 0) is 0 Å². The van der Waals surface area contributed by atoms with Gasteiger partial charge in [0, 0.05) is 12.6 Å². The van der Waals surface area contributed by atoms with Gasteiger partial charge in [-0.1, -0.05) is 13.0 Å². The van der Waals surface area contributed by atoms with E-state index in [0.717, 1.165) is 12.1 Å². The first-order valence-electron chi connectivity index (χ1n) is 6.85. The monoisotopic (exact) mass is 264 g/mol. The number of nitrogens with one attached hydrogen (secondary N) is 2. The molecule has 2 unspecified atom stereocenters. The van der Waals surface area contributed by atoms with Crippen LogP contribution in [0.3, 0.4) is 0 Å². The van der Waals surface area contributed by atoms with Crippen LogP contribution in [0.2, 0.25) is 0 Å². The summed E-state index contributed by atoms with van der Waals surface area (Å²) in [4.78, 5) is 11.9. The number of carbonyl (C=O) groups is 1. The highest BCUT2D eigenvalue weighted by atomic mass is 19.1. The molecule has 1 amide bonds. The molecule has 2 rings (SSSR count). The molecule has 1 saturated heterocycles. The zero-order chi connectivity index (χ0) is 13.8. The Morgan fingerprint density at radius 3 is 3.00 bits per heavy atom. The Morgan fingerprint density at radius 2 is 2.32 bits per heavy atom.